The van der Waals surface area contributed by atoms with E-state index in [2.05, 4.69) is 39.1 Å². The van der Waals surface area contributed by atoms with Crippen molar-refractivity contribution in [3.63, 3.8) is 0 Å². The minimum Gasteiger partial charge on any atom is -0.493 e. The third-order valence-electron chi connectivity index (χ3n) is 3.09. The molecular weight excluding hydrogens is 306 g/mol. The molecule has 0 unspecified atom stereocenters. The van der Waals surface area contributed by atoms with Crippen molar-refractivity contribution in [3.8, 4) is 11.5 Å². The second-order valence-corrected chi connectivity index (χ2v) is 5.39. The first kappa shape index (κ1) is 12.5. The smallest absolute Gasteiger partial charge is 0.138 e. The van der Waals surface area contributed by atoms with E-state index in [0.717, 1.165) is 35.4 Å². The van der Waals surface area contributed by atoms with E-state index in [1.807, 2.05) is 6.07 Å². The van der Waals surface area contributed by atoms with Crippen LogP contribution in [0.25, 0.3) is 0 Å². The minimum atomic E-state index is 0.651. The Labute approximate surface area is 120 Å². The lowest BCUT2D eigenvalue weighted by Gasteiger charge is -2.07. The molecule has 3 nitrogen and oxygen atoms in total. The van der Waals surface area contributed by atoms with Gasteiger partial charge in [0.15, 0.2) is 0 Å². The van der Waals surface area contributed by atoms with Crippen LogP contribution in [0.15, 0.2) is 41.1 Å². The Bertz CT molecular complexity index is 586. The van der Waals surface area contributed by atoms with E-state index in [4.69, 9.17) is 9.47 Å². The molecule has 0 spiro atoms. The summed E-state index contributed by atoms with van der Waals surface area (Å²) < 4.78 is 12.1. The molecule has 0 radical (unpaired) electrons. The van der Waals surface area contributed by atoms with E-state index in [9.17, 15) is 0 Å². The first-order chi connectivity index (χ1) is 9.31. The monoisotopic (exact) mass is 319 g/mol. The molecular formula is C15H14BrNO2. The van der Waals surface area contributed by atoms with Gasteiger partial charge in [-0.3, -0.25) is 4.98 Å². The van der Waals surface area contributed by atoms with Gasteiger partial charge in [0, 0.05) is 23.5 Å². The molecule has 4 heteroatoms. The van der Waals surface area contributed by atoms with Crippen LogP contribution in [0, 0.1) is 0 Å². The molecule has 19 heavy (non-hydrogen) atoms. The highest BCUT2D eigenvalue weighted by Gasteiger charge is 2.11. The summed E-state index contributed by atoms with van der Waals surface area (Å²) in [5.41, 5.74) is 2.59. The number of aromatic nitrogens is 1. The maximum atomic E-state index is 5.69. The van der Waals surface area contributed by atoms with Crippen LogP contribution in [0.2, 0.25) is 0 Å². The highest BCUT2D eigenvalue weighted by molar-refractivity contribution is 9.10. The zero-order chi connectivity index (χ0) is 13.1. The van der Waals surface area contributed by atoms with Crippen molar-refractivity contribution in [1.29, 1.82) is 0 Å². The van der Waals surface area contributed by atoms with Crippen LogP contribution in [-0.2, 0) is 12.8 Å². The molecule has 0 atom stereocenters. The molecule has 2 aromatic rings. The third-order valence-corrected chi connectivity index (χ3v) is 3.53. The van der Waals surface area contributed by atoms with Crippen molar-refractivity contribution in [2.75, 3.05) is 13.2 Å². The van der Waals surface area contributed by atoms with Gasteiger partial charge in [-0.05, 0) is 39.2 Å². The Morgan fingerprint density at radius 1 is 1.26 bits per heavy atom. The Kier molecular flexibility index (Phi) is 3.69. The number of halogens is 1. The van der Waals surface area contributed by atoms with Gasteiger partial charge in [-0.2, -0.15) is 0 Å². The lowest BCUT2D eigenvalue weighted by molar-refractivity contribution is 0.320. The normalized spacial score (nSPS) is 12.9. The highest BCUT2D eigenvalue weighted by atomic mass is 79.9. The summed E-state index contributed by atoms with van der Waals surface area (Å²) in [6.45, 7) is 1.46. The Morgan fingerprint density at radius 3 is 3.11 bits per heavy atom. The van der Waals surface area contributed by atoms with Gasteiger partial charge < -0.3 is 9.47 Å². The van der Waals surface area contributed by atoms with Gasteiger partial charge in [-0.1, -0.05) is 12.1 Å². The van der Waals surface area contributed by atoms with E-state index < -0.39 is 0 Å². The van der Waals surface area contributed by atoms with Crippen molar-refractivity contribution in [1.82, 2.24) is 4.98 Å². The van der Waals surface area contributed by atoms with Crippen LogP contribution < -0.4 is 9.47 Å². The molecule has 0 amide bonds. The fraction of sp³-hybridized carbons (Fsp3) is 0.267. The van der Waals surface area contributed by atoms with Crippen molar-refractivity contribution in [2.45, 2.75) is 12.8 Å². The maximum absolute atomic E-state index is 5.69. The molecule has 2 heterocycles. The topological polar surface area (TPSA) is 31.4 Å². The number of nitrogens with zero attached hydrogens (tertiary/aromatic N) is 1. The second-order valence-electron chi connectivity index (χ2n) is 4.48. The molecule has 0 N–H and O–H groups in total. The van der Waals surface area contributed by atoms with Gasteiger partial charge >= 0.3 is 0 Å². The van der Waals surface area contributed by atoms with Gasteiger partial charge in [0.25, 0.3) is 0 Å². The predicted molar refractivity (Wildman–Crippen MR) is 76.8 cm³/mol. The van der Waals surface area contributed by atoms with Crippen molar-refractivity contribution in [2.24, 2.45) is 0 Å². The summed E-state index contributed by atoms with van der Waals surface area (Å²) in [7, 11) is 0. The van der Waals surface area contributed by atoms with E-state index in [1.54, 1.807) is 12.4 Å². The van der Waals surface area contributed by atoms with Crippen LogP contribution in [0.3, 0.4) is 0 Å². The summed E-state index contributed by atoms with van der Waals surface area (Å²) in [5.74, 6) is 1.82. The highest BCUT2D eigenvalue weighted by Crippen LogP contribution is 2.26. The van der Waals surface area contributed by atoms with Crippen LogP contribution in [0.5, 0.6) is 11.5 Å². The summed E-state index contributed by atoms with van der Waals surface area (Å²) in [6, 6.07) is 8.29. The molecule has 1 aromatic heterocycles. The first-order valence-electron chi connectivity index (χ1n) is 6.29. The quantitative estimate of drug-likeness (QED) is 0.865. The maximum Gasteiger partial charge on any atom is 0.138 e. The molecule has 98 valence electrons. The van der Waals surface area contributed by atoms with Crippen LogP contribution >= 0.6 is 15.9 Å². The molecule has 0 fully saturated rings. The number of hydrogen-bond acceptors (Lipinski definition) is 3. The number of benzene rings is 1. The molecule has 0 saturated heterocycles. The summed E-state index contributed by atoms with van der Waals surface area (Å²) in [6.07, 6.45) is 5.37. The lowest BCUT2D eigenvalue weighted by Crippen LogP contribution is -2.01. The Balaban J connectivity index is 1.58. The van der Waals surface area contributed by atoms with Crippen molar-refractivity contribution in [3.05, 3.63) is 52.3 Å². The zero-order valence-electron chi connectivity index (χ0n) is 10.4. The average Bonchev–Trinajstić information content (AvgIpc) is 2.86. The summed E-state index contributed by atoms with van der Waals surface area (Å²) >= 11 is 3.38. The summed E-state index contributed by atoms with van der Waals surface area (Å²) in [5, 5.41) is 0. The zero-order valence-corrected chi connectivity index (χ0v) is 12.0. The standard InChI is InChI=1S/C15H14BrNO2/c16-13-8-14(10-17-9-13)18-5-3-11-1-2-15-12(7-11)4-6-19-15/h1-2,7-10H,3-6H2. The van der Waals surface area contributed by atoms with Gasteiger partial charge in [0.05, 0.1) is 19.4 Å². The van der Waals surface area contributed by atoms with E-state index in [0.29, 0.717) is 6.61 Å². The second kappa shape index (κ2) is 5.61. The molecule has 0 bridgehead atoms. The minimum absolute atomic E-state index is 0.651. The molecule has 3 rings (SSSR count). The van der Waals surface area contributed by atoms with E-state index in [1.165, 1.54) is 11.1 Å². The number of fused-ring (bicyclic) bond motifs is 1. The summed E-state index contributed by atoms with van der Waals surface area (Å²) in [4.78, 5) is 4.07. The number of rotatable bonds is 4. The Hall–Kier alpha value is -1.55. The molecule has 1 aliphatic rings. The molecule has 1 aromatic carbocycles. The van der Waals surface area contributed by atoms with Crippen LogP contribution in [0.4, 0.5) is 0 Å². The van der Waals surface area contributed by atoms with Crippen LogP contribution in [0.1, 0.15) is 11.1 Å². The van der Waals surface area contributed by atoms with E-state index in [-0.39, 0.29) is 0 Å². The van der Waals surface area contributed by atoms with E-state index >= 15 is 0 Å². The van der Waals surface area contributed by atoms with Crippen molar-refractivity contribution < 1.29 is 9.47 Å². The largest absolute Gasteiger partial charge is 0.493 e. The number of pyridine rings is 1. The molecule has 0 saturated carbocycles. The van der Waals surface area contributed by atoms with Gasteiger partial charge in [-0.25, -0.2) is 0 Å². The van der Waals surface area contributed by atoms with Crippen molar-refractivity contribution >= 4 is 15.9 Å². The van der Waals surface area contributed by atoms with Gasteiger partial charge in [0.2, 0.25) is 0 Å². The van der Waals surface area contributed by atoms with Crippen LogP contribution in [-0.4, -0.2) is 18.2 Å². The fourth-order valence-corrected chi connectivity index (χ4v) is 2.50. The SMILES string of the molecule is Brc1cncc(OCCc2ccc3c(c2)CCO3)c1. The fourth-order valence-electron chi connectivity index (χ4n) is 2.15. The Morgan fingerprint density at radius 2 is 2.21 bits per heavy atom. The van der Waals surface area contributed by atoms with Gasteiger partial charge in [0.1, 0.15) is 11.5 Å². The van der Waals surface area contributed by atoms with Gasteiger partial charge in [-0.15, -0.1) is 0 Å². The first-order valence-corrected chi connectivity index (χ1v) is 7.08. The lowest BCUT2D eigenvalue weighted by atomic mass is 10.1. The number of ether oxygens (including phenoxy) is 2. The number of hydrogen-bond donors (Lipinski definition) is 0. The predicted octanol–water partition coefficient (Wildman–Crippen LogP) is 3.40. The third kappa shape index (κ3) is 3.07. The molecule has 1 aliphatic heterocycles. The molecule has 0 aliphatic carbocycles. The average molecular weight is 320 g/mol.